The number of halogens is 2. The molecule has 2 aliphatic rings. The van der Waals surface area contributed by atoms with Crippen LogP contribution in [0.15, 0.2) is 29.2 Å². The van der Waals surface area contributed by atoms with Crippen LogP contribution in [0.1, 0.15) is 71.9 Å². The van der Waals surface area contributed by atoms with Crippen LogP contribution in [0.2, 0.25) is 0 Å². The highest BCUT2D eigenvalue weighted by Gasteiger charge is 2.40. The number of carbonyl (C=O) groups is 2. The zero-order valence-electron chi connectivity index (χ0n) is 18.0. The Balaban J connectivity index is 1.72. The second-order valence-electron chi connectivity index (χ2n) is 8.34. The van der Waals surface area contributed by atoms with Gasteiger partial charge in [0.1, 0.15) is 17.8 Å². The van der Waals surface area contributed by atoms with Gasteiger partial charge in [-0.25, -0.2) is 8.78 Å². The predicted octanol–water partition coefficient (Wildman–Crippen LogP) is 3.13. The first-order valence-electron chi connectivity index (χ1n) is 10.8. The van der Waals surface area contributed by atoms with Gasteiger partial charge in [0.2, 0.25) is 5.43 Å². The van der Waals surface area contributed by atoms with Crippen molar-refractivity contribution in [1.29, 1.82) is 0 Å². The van der Waals surface area contributed by atoms with E-state index in [9.17, 15) is 28.3 Å². The van der Waals surface area contributed by atoms with Crippen LogP contribution < -0.4 is 10.4 Å². The maximum absolute atomic E-state index is 14.1. The fourth-order valence-electron chi connectivity index (χ4n) is 4.68. The third-order valence-corrected chi connectivity index (χ3v) is 6.33. The Kier molecular flexibility index (Phi) is 5.75. The van der Waals surface area contributed by atoms with Crippen LogP contribution in [0.4, 0.5) is 8.78 Å². The molecule has 0 spiro atoms. The summed E-state index contributed by atoms with van der Waals surface area (Å²) in [7, 11) is 0. The van der Waals surface area contributed by atoms with Crippen molar-refractivity contribution in [3.63, 3.8) is 0 Å². The van der Waals surface area contributed by atoms with E-state index in [4.69, 9.17) is 0 Å². The summed E-state index contributed by atoms with van der Waals surface area (Å²) < 4.78 is 28.8. The zero-order valence-corrected chi connectivity index (χ0v) is 18.0. The Morgan fingerprint density at radius 1 is 1.25 bits per heavy atom. The van der Waals surface area contributed by atoms with Crippen LogP contribution in [0.25, 0.3) is 0 Å². The summed E-state index contributed by atoms with van der Waals surface area (Å²) >= 11 is 0. The lowest BCUT2D eigenvalue weighted by molar-refractivity contribution is 0.0534. The summed E-state index contributed by atoms with van der Waals surface area (Å²) in [6.07, 6.45) is 3.45. The van der Waals surface area contributed by atoms with E-state index in [0.717, 1.165) is 31.4 Å². The molecule has 1 saturated heterocycles. The largest absolute Gasteiger partial charge is 0.502 e. The van der Waals surface area contributed by atoms with Gasteiger partial charge in [-0.15, -0.1) is 0 Å². The maximum Gasteiger partial charge on any atom is 0.278 e. The number of amides is 1. The highest BCUT2D eigenvalue weighted by molar-refractivity contribution is 6.00. The molecule has 0 aliphatic carbocycles. The van der Waals surface area contributed by atoms with E-state index in [1.54, 1.807) is 11.8 Å². The van der Waals surface area contributed by atoms with Crippen molar-refractivity contribution >= 4 is 11.7 Å². The predicted molar refractivity (Wildman–Crippen MR) is 114 cm³/mol. The minimum absolute atomic E-state index is 0.149. The summed E-state index contributed by atoms with van der Waals surface area (Å²) in [4.78, 5) is 40.4. The van der Waals surface area contributed by atoms with Crippen LogP contribution >= 0.6 is 0 Å². The number of piperidine rings is 1. The summed E-state index contributed by atoms with van der Waals surface area (Å²) in [6, 6.07) is 3.13. The lowest BCUT2D eigenvalue weighted by Crippen LogP contribution is -2.63. The van der Waals surface area contributed by atoms with E-state index in [-0.39, 0.29) is 29.4 Å². The Morgan fingerprint density at radius 2 is 2.00 bits per heavy atom. The molecule has 2 aromatic rings. The molecule has 1 N–H and O–H groups in total. The van der Waals surface area contributed by atoms with E-state index in [0.29, 0.717) is 13.1 Å². The lowest BCUT2D eigenvalue weighted by atomic mass is 9.93. The second kappa shape index (κ2) is 8.37. The SMILES string of the molecule is CCN1C(=O)c2c(O)c(=O)c(C(=O)C[C@H](C)c3ccc(F)cc3F)cn2N2CCCC[C@@H]12. The average Bonchev–Trinajstić information content (AvgIpc) is 2.75. The topological polar surface area (TPSA) is 82.9 Å². The molecule has 1 aromatic carbocycles. The minimum Gasteiger partial charge on any atom is -0.502 e. The van der Waals surface area contributed by atoms with Crippen molar-refractivity contribution in [3.8, 4) is 5.75 Å². The van der Waals surface area contributed by atoms with E-state index in [1.807, 2.05) is 11.9 Å². The molecule has 0 radical (unpaired) electrons. The second-order valence-corrected chi connectivity index (χ2v) is 8.34. The number of hydrogen-bond acceptors (Lipinski definition) is 5. The smallest absolute Gasteiger partial charge is 0.278 e. The van der Waals surface area contributed by atoms with Gasteiger partial charge < -0.3 is 10.0 Å². The van der Waals surface area contributed by atoms with Crippen molar-refractivity contribution in [2.45, 2.75) is 51.6 Å². The molecule has 2 atom stereocenters. The summed E-state index contributed by atoms with van der Waals surface area (Å²) in [5.74, 6) is -3.91. The van der Waals surface area contributed by atoms with Crippen molar-refractivity contribution < 1.29 is 23.5 Å². The summed E-state index contributed by atoms with van der Waals surface area (Å²) in [5, 5.41) is 12.5. The molecule has 7 nitrogen and oxygen atoms in total. The van der Waals surface area contributed by atoms with Gasteiger partial charge in [0.15, 0.2) is 17.2 Å². The number of hydrogen-bond donors (Lipinski definition) is 1. The van der Waals surface area contributed by atoms with Crippen molar-refractivity contribution in [2.75, 3.05) is 18.1 Å². The standard InChI is InChI=1S/C23H25F2N3O4/c1-3-26-19-6-4-5-9-27(19)28-12-16(21(30)22(31)20(28)23(26)32)18(29)10-13(2)15-8-7-14(24)11-17(15)25/h7-8,11-13,19,31H,3-6,9-10H2,1-2H3/t13-,19-/m0/s1. The monoisotopic (exact) mass is 445 g/mol. The molecule has 32 heavy (non-hydrogen) atoms. The van der Waals surface area contributed by atoms with Crippen LogP contribution in [-0.2, 0) is 0 Å². The normalized spacial score (nSPS) is 18.9. The Bertz CT molecular complexity index is 1150. The number of ketones is 1. The first-order chi connectivity index (χ1) is 15.2. The molecule has 170 valence electrons. The molecule has 0 bridgehead atoms. The van der Waals surface area contributed by atoms with E-state index in [2.05, 4.69) is 0 Å². The van der Waals surface area contributed by atoms with Gasteiger partial charge in [-0.1, -0.05) is 13.0 Å². The van der Waals surface area contributed by atoms with E-state index < -0.39 is 40.4 Å². The Labute approximate surface area is 183 Å². The zero-order chi connectivity index (χ0) is 23.2. The molecule has 0 saturated carbocycles. The van der Waals surface area contributed by atoms with Crippen LogP contribution in [-0.4, -0.2) is 45.6 Å². The van der Waals surface area contributed by atoms with Gasteiger partial charge in [0, 0.05) is 31.8 Å². The van der Waals surface area contributed by atoms with Crippen molar-refractivity contribution in [2.24, 2.45) is 0 Å². The van der Waals surface area contributed by atoms with Crippen LogP contribution in [0.5, 0.6) is 5.75 Å². The van der Waals surface area contributed by atoms with Crippen LogP contribution in [0.3, 0.4) is 0 Å². The molecule has 0 unspecified atom stereocenters. The molecule has 3 heterocycles. The van der Waals surface area contributed by atoms with Gasteiger partial charge in [-0.05, 0) is 43.7 Å². The number of Topliss-reactive ketones (excluding diaryl/α,β-unsaturated/α-hetero) is 1. The number of aromatic hydroxyl groups is 1. The quantitative estimate of drug-likeness (QED) is 0.715. The van der Waals surface area contributed by atoms with Gasteiger partial charge >= 0.3 is 0 Å². The molecule has 4 rings (SSSR count). The fourth-order valence-corrected chi connectivity index (χ4v) is 4.68. The fraction of sp³-hybridized carbons (Fsp3) is 0.435. The van der Waals surface area contributed by atoms with Gasteiger partial charge in [0.05, 0.1) is 5.56 Å². The molecule has 1 fully saturated rings. The highest BCUT2D eigenvalue weighted by atomic mass is 19.1. The lowest BCUT2D eigenvalue weighted by Gasteiger charge is -2.48. The molecule has 1 aromatic heterocycles. The maximum atomic E-state index is 14.1. The third-order valence-electron chi connectivity index (χ3n) is 6.33. The van der Waals surface area contributed by atoms with Gasteiger partial charge in [-0.2, -0.15) is 0 Å². The van der Waals surface area contributed by atoms with Crippen molar-refractivity contribution in [3.05, 3.63) is 63.1 Å². The van der Waals surface area contributed by atoms with Gasteiger partial charge in [-0.3, -0.25) is 24.1 Å². The highest BCUT2D eigenvalue weighted by Crippen LogP contribution is 2.30. The number of fused-ring (bicyclic) bond motifs is 3. The number of aromatic nitrogens is 1. The molecular weight excluding hydrogens is 420 g/mol. The number of rotatable bonds is 5. The average molecular weight is 445 g/mol. The summed E-state index contributed by atoms with van der Waals surface area (Å²) in [5.41, 5.74) is -1.17. The Hall–Kier alpha value is -3.23. The first kappa shape index (κ1) is 22.0. The molecular formula is C23H25F2N3O4. The minimum atomic E-state index is -0.923. The summed E-state index contributed by atoms with van der Waals surface area (Å²) in [6.45, 7) is 4.47. The number of pyridine rings is 1. The van der Waals surface area contributed by atoms with Gasteiger partial charge in [0.25, 0.3) is 5.91 Å². The van der Waals surface area contributed by atoms with Crippen molar-refractivity contribution in [1.82, 2.24) is 9.58 Å². The first-order valence-corrected chi connectivity index (χ1v) is 10.8. The number of benzene rings is 1. The van der Waals surface area contributed by atoms with E-state index >= 15 is 0 Å². The third kappa shape index (κ3) is 3.55. The molecule has 1 amide bonds. The Morgan fingerprint density at radius 3 is 2.69 bits per heavy atom. The van der Waals surface area contributed by atoms with E-state index in [1.165, 1.54) is 16.9 Å². The van der Waals surface area contributed by atoms with Crippen LogP contribution in [0, 0.1) is 11.6 Å². The molecule has 2 aliphatic heterocycles. The number of nitrogens with zero attached hydrogens (tertiary/aromatic N) is 3. The number of carbonyl (C=O) groups excluding carboxylic acids is 2. The molecule has 9 heteroatoms.